The lowest BCUT2D eigenvalue weighted by Crippen LogP contribution is -2.06. The number of halogens is 1. The summed E-state index contributed by atoms with van der Waals surface area (Å²) in [4.78, 5) is 11.6. The SMILES string of the molecule is C=CCOc1c(I)cc(/C=C(\C#N)C(=O)OCC)cc1OC. The highest BCUT2D eigenvalue weighted by molar-refractivity contribution is 14.1. The maximum atomic E-state index is 11.6. The first-order valence-electron chi connectivity index (χ1n) is 6.47. The molecule has 0 aliphatic rings. The lowest BCUT2D eigenvalue weighted by molar-refractivity contribution is -0.137. The van der Waals surface area contributed by atoms with Gasteiger partial charge in [0.25, 0.3) is 0 Å². The molecule has 6 heteroatoms. The highest BCUT2D eigenvalue weighted by Gasteiger charge is 2.14. The van der Waals surface area contributed by atoms with E-state index in [1.165, 1.54) is 13.2 Å². The maximum absolute atomic E-state index is 11.6. The summed E-state index contributed by atoms with van der Waals surface area (Å²) < 4.78 is 16.5. The Bertz CT molecular complexity index is 632. The van der Waals surface area contributed by atoms with Crippen molar-refractivity contribution >= 4 is 34.6 Å². The first kappa shape index (κ1) is 18.0. The number of ether oxygens (including phenoxy) is 3. The van der Waals surface area contributed by atoms with Crippen LogP contribution in [0.3, 0.4) is 0 Å². The Morgan fingerprint density at radius 1 is 1.50 bits per heavy atom. The summed E-state index contributed by atoms with van der Waals surface area (Å²) in [6, 6.07) is 5.32. The van der Waals surface area contributed by atoms with Crippen LogP contribution < -0.4 is 9.47 Å². The van der Waals surface area contributed by atoms with Crippen LogP contribution in [0.2, 0.25) is 0 Å². The first-order valence-corrected chi connectivity index (χ1v) is 7.55. The van der Waals surface area contributed by atoms with Gasteiger partial charge in [-0.05, 0) is 53.3 Å². The summed E-state index contributed by atoms with van der Waals surface area (Å²) in [5.74, 6) is 0.460. The zero-order valence-electron chi connectivity index (χ0n) is 12.4. The zero-order valence-corrected chi connectivity index (χ0v) is 14.5. The van der Waals surface area contributed by atoms with E-state index in [0.29, 0.717) is 23.7 Å². The van der Waals surface area contributed by atoms with Crippen molar-refractivity contribution in [1.29, 1.82) is 5.26 Å². The molecule has 0 saturated heterocycles. The fourth-order valence-electron chi connectivity index (χ4n) is 1.62. The quantitative estimate of drug-likeness (QED) is 0.226. The lowest BCUT2D eigenvalue weighted by atomic mass is 10.1. The van der Waals surface area contributed by atoms with Crippen molar-refractivity contribution in [2.24, 2.45) is 0 Å². The fourth-order valence-corrected chi connectivity index (χ4v) is 2.40. The molecule has 0 aliphatic carbocycles. The molecule has 0 fully saturated rings. The third-order valence-electron chi connectivity index (χ3n) is 2.52. The standard InChI is InChI=1S/C16H16INO4/c1-4-6-22-15-13(17)8-11(9-14(15)20-3)7-12(10-18)16(19)21-5-2/h4,7-9H,1,5-6H2,2-3H3/b12-7+. The second kappa shape index (κ2) is 9.10. The molecular weight excluding hydrogens is 397 g/mol. The summed E-state index contributed by atoms with van der Waals surface area (Å²) >= 11 is 2.10. The normalized spacial score (nSPS) is 10.5. The van der Waals surface area contributed by atoms with Gasteiger partial charge >= 0.3 is 5.97 Å². The largest absolute Gasteiger partial charge is 0.493 e. The van der Waals surface area contributed by atoms with Gasteiger partial charge in [-0.25, -0.2) is 4.79 Å². The second-order valence-electron chi connectivity index (χ2n) is 4.02. The number of esters is 1. The summed E-state index contributed by atoms with van der Waals surface area (Å²) in [7, 11) is 1.52. The minimum Gasteiger partial charge on any atom is -0.493 e. The molecule has 5 nitrogen and oxygen atoms in total. The van der Waals surface area contributed by atoms with Crippen LogP contribution in [0.15, 0.2) is 30.4 Å². The zero-order chi connectivity index (χ0) is 16.5. The van der Waals surface area contributed by atoms with Crippen molar-refractivity contribution < 1.29 is 19.0 Å². The van der Waals surface area contributed by atoms with E-state index in [9.17, 15) is 4.79 Å². The molecule has 0 radical (unpaired) electrons. The topological polar surface area (TPSA) is 68.5 Å². The van der Waals surface area contributed by atoms with E-state index in [1.54, 1.807) is 25.1 Å². The Labute approximate surface area is 143 Å². The number of carbonyl (C=O) groups excluding carboxylic acids is 1. The van der Waals surface area contributed by atoms with E-state index < -0.39 is 5.97 Å². The van der Waals surface area contributed by atoms with Gasteiger partial charge in [0.15, 0.2) is 11.5 Å². The number of nitriles is 1. The van der Waals surface area contributed by atoms with E-state index >= 15 is 0 Å². The molecule has 0 aromatic heterocycles. The number of methoxy groups -OCH3 is 1. The molecule has 0 heterocycles. The molecular formula is C16H16INO4. The summed E-state index contributed by atoms with van der Waals surface area (Å²) in [6.07, 6.45) is 3.10. The fraction of sp³-hybridized carbons (Fsp3) is 0.250. The van der Waals surface area contributed by atoms with Gasteiger partial charge in [-0.2, -0.15) is 5.26 Å². The predicted molar refractivity (Wildman–Crippen MR) is 91.6 cm³/mol. The Morgan fingerprint density at radius 3 is 2.77 bits per heavy atom. The molecule has 1 aromatic rings. The van der Waals surface area contributed by atoms with Crippen molar-refractivity contribution in [3.8, 4) is 17.6 Å². The van der Waals surface area contributed by atoms with Crippen LogP contribution in [0.4, 0.5) is 0 Å². The smallest absolute Gasteiger partial charge is 0.348 e. The summed E-state index contributed by atoms with van der Waals surface area (Å²) in [5.41, 5.74) is 0.580. The van der Waals surface area contributed by atoms with Crippen molar-refractivity contribution in [1.82, 2.24) is 0 Å². The van der Waals surface area contributed by atoms with Crippen molar-refractivity contribution in [2.75, 3.05) is 20.3 Å². The lowest BCUT2D eigenvalue weighted by Gasteiger charge is -2.12. The van der Waals surface area contributed by atoms with Gasteiger partial charge < -0.3 is 14.2 Å². The van der Waals surface area contributed by atoms with Crippen molar-refractivity contribution in [3.05, 3.63) is 39.5 Å². The number of nitrogens with zero attached hydrogens (tertiary/aromatic N) is 1. The number of hydrogen-bond acceptors (Lipinski definition) is 5. The van der Waals surface area contributed by atoms with E-state index in [4.69, 9.17) is 19.5 Å². The van der Waals surface area contributed by atoms with Crippen LogP contribution in [-0.4, -0.2) is 26.3 Å². The third kappa shape index (κ3) is 4.77. The minimum atomic E-state index is -0.647. The number of carbonyl (C=O) groups is 1. The van der Waals surface area contributed by atoms with Crippen LogP contribution in [0.5, 0.6) is 11.5 Å². The van der Waals surface area contributed by atoms with Gasteiger partial charge in [-0.1, -0.05) is 12.7 Å². The summed E-state index contributed by atoms with van der Waals surface area (Å²) in [6.45, 7) is 5.86. The van der Waals surface area contributed by atoms with Crippen LogP contribution in [0.25, 0.3) is 6.08 Å². The van der Waals surface area contributed by atoms with Gasteiger partial charge in [-0.15, -0.1) is 0 Å². The molecule has 116 valence electrons. The van der Waals surface area contributed by atoms with Crippen LogP contribution in [0.1, 0.15) is 12.5 Å². The van der Waals surface area contributed by atoms with Crippen LogP contribution in [0, 0.1) is 14.9 Å². The van der Waals surface area contributed by atoms with Gasteiger partial charge in [0, 0.05) is 0 Å². The van der Waals surface area contributed by atoms with E-state index in [2.05, 4.69) is 29.2 Å². The Kier molecular flexibility index (Phi) is 7.46. The van der Waals surface area contributed by atoms with E-state index in [1.807, 2.05) is 6.07 Å². The van der Waals surface area contributed by atoms with Gasteiger partial charge in [-0.3, -0.25) is 0 Å². The number of rotatable bonds is 7. The maximum Gasteiger partial charge on any atom is 0.348 e. The Morgan fingerprint density at radius 2 is 2.23 bits per heavy atom. The molecule has 22 heavy (non-hydrogen) atoms. The molecule has 1 rings (SSSR count). The molecule has 0 saturated carbocycles. The van der Waals surface area contributed by atoms with E-state index in [0.717, 1.165) is 3.57 Å². The van der Waals surface area contributed by atoms with E-state index in [-0.39, 0.29) is 12.2 Å². The number of hydrogen-bond donors (Lipinski definition) is 0. The summed E-state index contributed by atoms with van der Waals surface area (Å²) in [5, 5.41) is 9.06. The molecule has 0 atom stereocenters. The average molecular weight is 413 g/mol. The molecule has 0 bridgehead atoms. The first-order chi connectivity index (χ1) is 10.6. The molecule has 0 N–H and O–H groups in total. The third-order valence-corrected chi connectivity index (χ3v) is 3.33. The molecule has 0 spiro atoms. The second-order valence-corrected chi connectivity index (χ2v) is 5.19. The predicted octanol–water partition coefficient (Wildman–Crippen LogP) is 3.33. The highest BCUT2D eigenvalue weighted by Crippen LogP contribution is 2.34. The number of benzene rings is 1. The van der Waals surface area contributed by atoms with Crippen molar-refractivity contribution in [3.63, 3.8) is 0 Å². The molecule has 1 aromatic carbocycles. The van der Waals surface area contributed by atoms with Crippen LogP contribution in [-0.2, 0) is 9.53 Å². The average Bonchev–Trinajstić information content (AvgIpc) is 2.51. The Balaban J connectivity index is 3.21. The molecule has 0 unspecified atom stereocenters. The van der Waals surface area contributed by atoms with Crippen molar-refractivity contribution in [2.45, 2.75) is 6.92 Å². The van der Waals surface area contributed by atoms with Gasteiger partial charge in [0.1, 0.15) is 18.2 Å². The minimum absolute atomic E-state index is 0.0699. The highest BCUT2D eigenvalue weighted by atomic mass is 127. The molecule has 0 amide bonds. The molecule has 0 aliphatic heterocycles. The Hall–Kier alpha value is -2.01. The van der Waals surface area contributed by atoms with Gasteiger partial charge in [0.05, 0.1) is 17.3 Å². The monoisotopic (exact) mass is 413 g/mol. The van der Waals surface area contributed by atoms with Gasteiger partial charge in [0.2, 0.25) is 0 Å². The van der Waals surface area contributed by atoms with Crippen LogP contribution >= 0.6 is 22.6 Å².